The normalized spacial score (nSPS) is 21.3. The molecule has 0 unspecified atom stereocenters. The number of rotatable bonds is 7. The second kappa shape index (κ2) is 7.51. The number of likely N-dealkylation sites (tertiary alicyclic amines) is 1. The molecule has 3 rings (SSSR count). The van der Waals surface area contributed by atoms with Gasteiger partial charge in [0.25, 0.3) is 0 Å². The molecule has 1 saturated carbocycles. The Morgan fingerprint density at radius 1 is 1.23 bits per heavy atom. The van der Waals surface area contributed by atoms with E-state index < -0.39 is 0 Å². The van der Waals surface area contributed by atoms with Gasteiger partial charge in [-0.05, 0) is 54.4 Å². The second-order valence-electron chi connectivity index (χ2n) is 6.64. The van der Waals surface area contributed by atoms with E-state index in [1.165, 1.54) is 18.4 Å². The van der Waals surface area contributed by atoms with Crippen molar-refractivity contribution >= 4 is 17.7 Å². The van der Waals surface area contributed by atoms with Crippen LogP contribution < -0.4 is 0 Å². The first kappa shape index (κ1) is 15.9. The highest BCUT2D eigenvalue weighted by Gasteiger charge is 2.27. The van der Waals surface area contributed by atoms with Crippen molar-refractivity contribution in [2.75, 3.05) is 24.6 Å². The fourth-order valence-corrected chi connectivity index (χ4v) is 4.24. The van der Waals surface area contributed by atoms with E-state index in [9.17, 15) is 9.90 Å². The maximum Gasteiger partial charge on any atom is 0.232 e. The molecule has 0 radical (unpaired) electrons. The zero-order chi connectivity index (χ0) is 15.4. The first-order valence-electron chi connectivity index (χ1n) is 8.29. The van der Waals surface area contributed by atoms with Gasteiger partial charge in [-0.15, -0.1) is 0 Å². The Hall–Kier alpha value is -1.00. The van der Waals surface area contributed by atoms with Crippen LogP contribution >= 0.6 is 11.8 Å². The highest BCUT2D eigenvalue weighted by Crippen LogP contribution is 2.32. The zero-order valence-corrected chi connectivity index (χ0v) is 13.9. The van der Waals surface area contributed by atoms with Crippen LogP contribution in [0.3, 0.4) is 0 Å². The second-order valence-corrected chi connectivity index (χ2v) is 7.67. The molecular formula is C18H25NO2S. The summed E-state index contributed by atoms with van der Waals surface area (Å²) < 4.78 is 0. The first-order chi connectivity index (χ1) is 10.7. The highest BCUT2D eigenvalue weighted by atomic mass is 32.2. The molecule has 1 aliphatic heterocycles. The Balaban J connectivity index is 1.43. The molecule has 1 heterocycles. The standard InChI is InChI=1S/C18H25NO2S/c20-11-17-3-1-2-15(9-17)8-16-6-7-19(10-16)18(21)13-22-12-14-4-5-14/h1-3,9,14,16,20H,4-8,10-13H2/t16-/m1/s1. The van der Waals surface area contributed by atoms with Crippen molar-refractivity contribution in [1.82, 2.24) is 4.90 Å². The van der Waals surface area contributed by atoms with Crippen molar-refractivity contribution in [3.8, 4) is 0 Å². The number of nitrogens with zero attached hydrogens (tertiary/aromatic N) is 1. The maximum atomic E-state index is 12.2. The summed E-state index contributed by atoms with van der Waals surface area (Å²) >= 11 is 1.81. The monoisotopic (exact) mass is 319 g/mol. The van der Waals surface area contributed by atoms with E-state index in [0.717, 1.165) is 43.2 Å². The molecule has 1 saturated heterocycles. The fourth-order valence-electron chi connectivity index (χ4n) is 3.10. The third kappa shape index (κ3) is 4.50. The number of hydrogen-bond acceptors (Lipinski definition) is 3. The van der Waals surface area contributed by atoms with Gasteiger partial charge in [0.2, 0.25) is 5.91 Å². The van der Waals surface area contributed by atoms with Crippen LogP contribution in [0.1, 0.15) is 30.4 Å². The maximum absolute atomic E-state index is 12.2. The molecule has 22 heavy (non-hydrogen) atoms. The molecule has 0 bridgehead atoms. The molecule has 1 amide bonds. The molecule has 1 aromatic carbocycles. The number of aliphatic hydroxyl groups is 1. The lowest BCUT2D eigenvalue weighted by Crippen LogP contribution is -2.30. The van der Waals surface area contributed by atoms with Gasteiger partial charge in [0.1, 0.15) is 0 Å². The van der Waals surface area contributed by atoms with Gasteiger partial charge in [0, 0.05) is 13.1 Å². The topological polar surface area (TPSA) is 40.5 Å². The molecule has 1 N–H and O–H groups in total. The Morgan fingerprint density at radius 3 is 2.82 bits per heavy atom. The minimum Gasteiger partial charge on any atom is -0.392 e. The molecule has 4 heteroatoms. The summed E-state index contributed by atoms with van der Waals surface area (Å²) in [4.78, 5) is 14.3. The average molecular weight is 319 g/mol. The number of aliphatic hydroxyl groups excluding tert-OH is 1. The van der Waals surface area contributed by atoms with Gasteiger partial charge in [0.15, 0.2) is 0 Å². The summed E-state index contributed by atoms with van der Waals surface area (Å²) in [6.07, 6.45) is 4.83. The molecule has 2 aliphatic rings. The van der Waals surface area contributed by atoms with Gasteiger partial charge in [0.05, 0.1) is 12.4 Å². The van der Waals surface area contributed by atoms with E-state index in [2.05, 4.69) is 12.1 Å². The minimum atomic E-state index is 0.0985. The third-order valence-corrected chi connectivity index (χ3v) is 5.77. The number of amides is 1. The largest absolute Gasteiger partial charge is 0.392 e. The van der Waals surface area contributed by atoms with Crippen LogP contribution in [0.15, 0.2) is 24.3 Å². The highest BCUT2D eigenvalue weighted by molar-refractivity contribution is 7.99. The van der Waals surface area contributed by atoms with Crippen LogP contribution in [0.5, 0.6) is 0 Å². The number of carbonyl (C=O) groups excluding carboxylic acids is 1. The van der Waals surface area contributed by atoms with Gasteiger partial charge in [-0.1, -0.05) is 24.3 Å². The molecule has 1 aliphatic carbocycles. The van der Waals surface area contributed by atoms with Gasteiger partial charge in [-0.25, -0.2) is 0 Å². The van der Waals surface area contributed by atoms with E-state index in [-0.39, 0.29) is 6.61 Å². The summed E-state index contributed by atoms with van der Waals surface area (Å²) in [6.45, 7) is 1.90. The van der Waals surface area contributed by atoms with Crippen molar-refractivity contribution in [3.63, 3.8) is 0 Å². The first-order valence-corrected chi connectivity index (χ1v) is 9.44. The van der Waals surface area contributed by atoms with Crippen molar-refractivity contribution in [1.29, 1.82) is 0 Å². The van der Waals surface area contributed by atoms with Gasteiger partial charge in [-0.3, -0.25) is 4.79 Å². The molecule has 3 nitrogen and oxygen atoms in total. The molecule has 1 atom stereocenters. The van der Waals surface area contributed by atoms with E-state index in [1.807, 2.05) is 28.8 Å². The van der Waals surface area contributed by atoms with Crippen molar-refractivity contribution in [2.45, 2.75) is 32.3 Å². The van der Waals surface area contributed by atoms with E-state index in [0.29, 0.717) is 17.6 Å². The smallest absolute Gasteiger partial charge is 0.232 e. The van der Waals surface area contributed by atoms with Crippen LogP contribution in [0.4, 0.5) is 0 Å². The van der Waals surface area contributed by atoms with E-state index in [4.69, 9.17) is 0 Å². The van der Waals surface area contributed by atoms with Crippen LogP contribution in [-0.4, -0.2) is 40.5 Å². The van der Waals surface area contributed by atoms with E-state index in [1.54, 1.807) is 0 Å². The molecule has 0 spiro atoms. The van der Waals surface area contributed by atoms with Gasteiger partial charge < -0.3 is 10.0 Å². The summed E-state index contributed by atoms with van der Waals surface area (Å²) in [5.41, 5.74) is 2.24. The van der Waals surface area contributed by atoms with Crippen LogP contribution in [0.25, 0.3) is 0 Å². The SMILES string of the molecule is O=C(CSCC1CC1)N1CC[C@H](Cc2cccc(CO)c2)C1. The van der Waals surface area contributed by atoms with Crippen molar-refractivity contribution in [2.24, 2.45) is 11.8 Å². The molecule has 0 aromatic heterocycles. The summed E-state index contributed by atoms with van der Waals surface area (Å²) in [5.74, 6) is 3.59. The lowest BCUT2D eigenvalue weighted by Gasteiger charge is -2.16. The Bertz CT molecular complexity index is 516. The zero-order valence-electron chi connectivity index (χ0n) is 13.0. The lowest BCUT2D eigenvalue weighted by atomic mass is 9.97. The molecule has 120 valence electrons. The number of thioether (sulfide) groups is 1. The van der Waals surface area contributed by atoms with Gasteiger partial charge in [-0.2, -0.15) is 11.8 Å². The summed E-state index contributed by atoms with van der Waals surface area (Å²) in [5, 5.41) is 9.21. The average Bonchev–Trinajstić information content (AvgIpc) is 3.24. The fraction of sp³-hybridized carbons (Fsp3) is 0.611. The Morgan fingerprint density at radius 2 is 2.05 bits per heavy atom. The van der Waals surface area contributed by atoms with Crippen molar-refractivity contribution in [3.05, 3.63) is 35.4 Å². The Kier molecular flexibility index (Phi) is 5.42. The lowest BCUT2D eigenvalue weighted by molar-refractivity contribution is -0.127. The third-order valence-electron chi connectivity index (χ3n) is 4.61. The van der Waals surface area contributed by atoms with Crippen molar-refractivity contribution < 1.29 is 9.90 Å². The van der Waals surface area contributed by atoms with Crippen LogP contribution in [0.2, 0.25) is 0 Å². The number of hydrogen-bond donors (Lipinski definition) is 1. The molecule has 1 aromatic rings. The number of benzene rings is 1. The van der Waals surface area contributed by atoms with Crippen LogP contribution in [0, 0.1) is 11.8 Å². The Labute approximate surface area is 137 Å². The predicted octanol–water partition coefficient (Wildman–Crippen LogP) is 2.71. The quantitative estimate of drug-likeness (QED) is 0.840. The van der Waals surface area contributed by atoms with E-state index >= 15 is 0 Å². The molecular weight excluding hydrogens is 294 g/mol. The molecule has 2 fully saturated rings. The minimum absolute atomic E-state index is 0.0985. The van der Waals surface area contributed by atoms with Crippen LogP contribution in [-0.2, 0) is 17.8 Å². The summed E-state index contributed by atoms with van der Waals surface area (Å²) in [7, 11) is 0. The predicted molar refractivity (Wildman–Crippen MR) is 90.8 cm³/mol. The van der Waals surface area contributed by atoms with Gasteiger partial charge >= 0.3 is 0 Å². The summed E-state index contributed by atoms with van der Waals surface area (Å²) in [6, 6.07) is 8.16. The number of carbonyl (C=O) groups is 1.